The molecular weight excluding hydrogens is 306 g/mol. The van der Waals surface area contributed by atoms with Crippen molar-refractivity contribution in [3.8, 4) is 0 Å². The molecule has 0 aliphatic rings. The molecule has 1 atom stereocenters. The highest BCUT2D eigenvalue weighted by Gasteiger charge is 2.25. The largest absolute Gasteiger partial charge is 0.396 e. The molecule has 1 heterocycles. The van der Waals surface area contributed by atoms with Crippen LogP contribution in [0.1, 0.15) is 18.0 Å². The number of pyridine rings is 1. The fourth-order valence-corrected chi connectivity index (χ4v) is 2.51. The van der Waals surface area contributed by atoms with Gasteiger partial charge in [0.25, 0.3) is 0 Å². The third-order valence-electron chi connectivity index (χ3n) is 3.40. The van der Waals surface area contributed by atoms with Crippen LogP contribution in [0, 0.1) is 10.1 Å². The molecule has 0 bridgehead atoms. The van der Waals surface area contributed by atoms with Crippen molar-refractivity contribution in [2.75, 3.05) is 18.6 Å². The summed E-state index contributed by atoms with van der Waals surface area (Å²) in [6.07, 6.45) is 1.81. The van der Waals surface area contributed by atoms with Crippen LogP contribution in [0.4, 0.5) is 11.5 Å². The van der Waals surface area contributed by atoms with Gasteiger partial charge in [-0.15, -0.1) is 0 Å². The average molecular weight is 322 g/mol. The van der Waals surface area contributed by atoms with Gasteiger partial charge in [-0.05, 0) is 12.0 Å². The third-order valence-corrected chi connectivity index (χ3v) is 3.61. The Bertz CT molecular complexity index is 652. The monoisotopic (exact) mass is 321 g/mol. The number of aliphatic hydroxyl groups is 1. The number of nitrogens with zero attached hydrogens (tertiary/aromatic N) is 3. The first-order valence-electron chi connectivity index (χ1n) is 6.73. The Labute approximate surface area is 133 Å². The lowest BCUT2D eigenvalue weighted by molar-refractivity contribution is -0.384. The highest BCUT2D eigenvalue weighted by Crippen LogP contribution is 2.34. The van der Waals surface area contributed by atoms with E-state index in [1.807, 2.05) is 30.3 Å². The lowest BCUT2D eigenvalue weighted by atomic mass is 10.0. The molecule has 7 heteroatoms. The second-order valence-corrected chi connectivity index (χ2v) is 5.24. The van der Waals surface area contributed by atoms with E-state index in [0.717, 1.165) is 5.56 Å². The fraction of sp³-hybridized carbons (Fsp3) is 0.267. The van der Waals surface area contributed by atoms with Gasteiger partial charge in [-0.25, -0.2) is 4.98 Å². The van der Waals surface area contributed by atoms with Crippen LogP contribution < -0.4 is 4.90 Å². The van der Waals surface area contributed by atoms with Crippen LogP contribution in [-0.2, 0) is 0 Å². The molecule has 0 aliphatic carbocycles. The smallest absolute Gasteiger partial charge is 0.313 e. The van der Waals surface area contributed by atoms with E-state index in [4.69, 9.17) is 11.6 Å². The number of rotatable bonds is 6. The zero-order valence-electron chi connectivity index (χ0n) is 12.0. The first kappa shape index (κ1) is 16.2. The summed E-state index contributed by atoms with van der Waals surface area (Å²) in [7, 11) is 1.72. The summed E-state index contributed by atoms with van der Waals surface area (Å²) in [6.45, 7) is -0.0364. The predicted octanol–water partition coefficient (Wildman–Crippen LogP) is 3.20. The molecule has 0 aliphatic heterocycles. The Balaban J connectivity index is 2.43. The molecule has 116 valence electrons. The molecule has 0 saturated heterocycles. The molecule has 6 nitrogen and oxygen atoms in total. The van der Waals surface area contributed by atoms with E-state index >= 15 is 0 Å². The van der Waals surface area contributed by atoms with Crippen molar-refractivity contribution >= 4 is 23.1 Å². The Morgan fingerprint density at radius 3 is 2.68 bits per heavy atom. The van der Waals surface area contributed by atoms with E-state index in [1.54, 1.807) is 11.9 Å². The number of hydrogen-bond donors (Lipinski definition) is 1. The van der Waals surface area contributed by atoms with Crippen molar-refractivity contribution in [1.82, 2.24) is 4.98 Å². The molecule has 0 unspecified atom stereocenters. The molecule has 2 aromatic rings. The minimum atomic E-state index is -0.508. The lowest BCUT2D eigenvalue weighted by Gasteiger charge is -2.28. The van der Waals surface area contributed by atoms with Crippen LogP contribution in [0.2, 0.25) is 5.02 Å². The fourth-order valence-electron chi connectivity index (χ4n) is 2.36. The van der Waals surface area contributed by atoms with Crippen molar-refractivity contribution < 1.29 is 10.0 Å². The zero-order chi connectivity index (χ0) is 16.1. The number of aliphatic hydroxyl groups excluding tert-OH is 1. The van der Waals surface area contributed by atoms with Crippen LogP contribution in [0.5, 0.6) is 0 Å². The Morgan fingerprint density at radius 2 is 2.09 bits per heavy atom. The number of nitro groups is 1. The quantitative estimate of drug-likeness (QED) is 0.653. The maximum absolute atomic E-state index is 11.2. The first-order valence-corrected chi connectivity index (χ1v) is 7.11. The number of benzene rings is 1. The maximum atomic E-state index is 11.2. The molecular formula is C15H16ClN3O3. The average Bonchev–Trinajstić information content (AvgIpc) is 2.52. The number of hydrogen-bond acceptors (Lipinski definition) is 5. The summed E-state index contributed by atoms with van der Waals surface area (Å²) in [6, 6.07) is 10.5. The molecule has 0 radical (unpaired) electrons. The van der Waals surface area contributed by atoms with E-state index in [2.05, 4.69) is 4.98 Å². The topological polar surface area (TPSA) is 79.5 Å². The minimum Gasteiger partial charge on any atom is -0.396 e. The van der Waals surface area contributed by atoms with Gasteiger partial charge in [0.15, 0.2) is 0 Å². The van der Waals surface area contributed by atoms with Crippen molar-refractivity contribution in [2.45, 2.75) is 12.5 Å². The standard InChI is InChI=1S/C15H16ClN3O3/c1-18(13(7-8-20)11-5-3-2-4-6-11)15-14(19(21)22)9-12(16)10-17-15/h2-6,9-10,13,20H,7-8H2,1H3/t13-/m1/s1. The van der Waals surface area contributed by atoms with E-state index < -0.39 is 4.92 Å². The summed E-state index contributed by atoms with van der Waals surface area (Å²) in [5.74, 6) is 0.219. The third kappa shape index (κ3) is 3.52. The number of aromatic nitrogens is 1. The maximum Gasteiger partial charge on any atom is 0.313 e. The zero-order valence-corrected chi connectivity index (χ0v) is 12.8. The predicted molar refractivity (Wildman–Crippen MR) is 85.2 cm³/mol. The summed E-state index contributed by atoms with van der Waals surface area (Å²) in [5, 5.41) is 20.8. The van der Waals surface area contributed by atoms with Crippen LogP contribution in [0.15, 0.2) is 42.6 Å². The molecule has 0 spiro atoms. The summed E-state index contributed by atoms with van der Waals surface area (Å²) >= 11 is 5.80. The molecule has 2 rings (SSSR count). The molecule has 1 N–H and O–H groups in total. The molecule has 22 heavy (non-hydrogen) atoms. The second kappa shape index (κ2) is 7.20. The van der Waals surface area contributed by atoms with E-state index in [1.165, 1.54) is 12.3 Å². The number of halogens is 1. The number of anilines is 1. The first-order chi connectivity index (χ1) is 10.5. The lowest BCUT2D eigenvalue weighted by Crippen LogP contribution is -2.26. The van der Waals surface area contributed by atoms with E-state index in [9.17, 15) is 15.2 Å². The van der Waals surface area contributed by atoms with Crippen LogP contribution in [0.25, 0.3) is 0 Å². The van der Waals surface area contributed by atoms with Gasteiger partial charge < -0.3 is 10.0 Å². The van der Waals surface area contributed by atoms with Crippen LogP contribution in [-0.4, -0.2) is 28.7 Å². The highest BCUT2D eigenvalue weighted by molar-refractivity contribution is 6.30. The van der Waals surface area contributed by atoms with Gasteiger partial charge in [0.1, 0.15) is 0 Å². The molecule has 0 fully saturated rings. The van der Waals surface area contributed by atoms with Gasteiger partial charge in [-0.2, -0.15) is 0 Å². The normalized spacial score (nSPS) is 12.0. The molecule has 1 aromatic heterocycles. The van der Waals surface area contributed by atoms with Gasteiger partial charge in [-0.3, -0.25) is 10.1 Å². The van der Waals surface area contributed by atoms with Gasteiger partial charge in [0.2, 0.25) is 5.82 Å². The van der Waals surface area contributed by atoms with Gasteiger partial charge in [0, 0.05) is 25.9 Å². The van der Waals surface area contributed by atoms with Crippen LogP contribution in [0.3, 0.4) is 0 Å². The Hall–Kier alpha value is -2.18. The van der Waals surface area contributed by atoms with Crippen molar-refractivity contribution in [3.05, 3.63) is 63.3 Å². The highest BCUT2D eigenvalue weighted by atomic mass is 35.5. The Kier molecular flexibility index (Phi) is 5.30. The van der Waals surface area contributed by atoms with Crippen molar-refractivity contribution in [3.63, 3.8) is 0 Å². The molecule has 0 saturated carbocycles. The SMILES string of the molecule is CN(c1ncc(Cl)cc1[N+](=O)[O-])[C@H](CCO)c1ccccc1. The summed E-state index contributed by atoms with van der Waals surface area (Å²) in [4.78, 5) is 16.5. The second-order valence-electron chi connectivity index (χ2n) is 4.80. The van der Waals surface area contributed by atoms with E-state index in [0.29, 0.717) is 6.42 Å². The van der Waals surface area contributed by atoms with Crippen molar-refractivity contribution in [2.24, 2.45) is 0 Å². The van der Waals surface area contributed by atoms with E-state index in [-0.39, 0.29) is 29.2 Å². The minimum absolute atomic E-state index is 0.0364. The summed E-state index contributed by atoms with van der Waals surface area (Å²) < 4.78 is 0. The van der Waals surface area contributed by atoms with Crippen LogP contribution >= 0.6 is 11.6 Å². The van der Waals surface area contributed by atoms with Gasteiger partial charge in [0.05, 0.1) is 16.0 Å². The van der Waals surface area contributed by atoms with Crippen molar-refractivity contribution in [1.29, 1.82) is 0 Å². The molecule has 0 amide bonds. The Morgan fingerprint density at radius 1 is 1.41 bits per heavy atom. The summed E-state index contributed by atoms with van der Waals surface area (Å²) in [5.41, 5.74) is 0.791. The molecule has 1 aromatic carbocycles. The van der Waals surface area contributed by atoms with Gasteiger partial charge >= 0.3 is 5.69 Å². The van der Waals surface area contributed by atoms with Gasteiger partial charge in [-0.1, -0.05) is 41.9 Å².